The van der Waals surface area contributed by atoms with Gasteiger partial charge in [0.05, 0.1) is 11.4 Å². The number of aromatic nitrogens is 2. The Morgan fingerprint density at radius 3 is 2.73 bits per heavy atom. The molecule has 0 saturated carbocycles. The minimum atomic E-state index is -3.34. The zero-order valence-corrected chi connectivity index (χ0v) is 16.4. The van der Waals surface area contributed by atoms with E-state index in [1.165, 1.54) is 25.4 Å². The van der Waals surface area contributed by atoms with E-state index in [-0.39, 0.29) is 23.9 Å². The molecule has 0 fully saturated rings. The molecule has 138 valence electrons. The molecule has 0 aliphatic heterocycles. The summed E-state index contributed by atoms with van der Waals surface area (Å²) in [4.78, 5) is 16.6. The monoisotopic (exact) mass is 392 g/mol. The average molecular weight is 393 g/mol. The number of hydrogen-bond acceptors (Lipinski definition) is 5. The Morgan fingerprint density at radius 2 is 2.04 bits per heavy atom. The number of aryl methyl sites for hydroxylation is 1. The Labute approximate surface area is 156 Å². The highest BCUT2D eigenvalue weighted by molar-refractivity contribution is 7.89. The van der Waals surface area contributed by atoms with Crippen molar-refractivity contribution in [2.45, 2.75) is 0 Å². The molecule has 0 radical (unpaired) electrons. The van der Waals surface area contributed by atoms with Crippen molar-refractivity contribution in [2.75, 3.05) is 26.4 Å². The van der Waals surface area contributed by atoms with Gasteiger partial charge in [-0.3, -0.25) is 4.79 Å². The van der Waals surface area contributed by atoms with Crippen LogP contribution in [0.25, 0.3) is 21.6 Å². The Kier molecular flexibility index (Phi) is 5.12. The van der Waals surface area contributed by atoms with Crippen LogP contribution >= 0.6 is 11.3 Å². The molecule has 0 unspecified atom stereocenters. The normalized spacial score (nSPS) is 12.0. The molecule has 0 aliphatic rings. The number of fused-ring (bicyclic) bond motifs is 1. The quantitative estimate of drug-likeness (QED) is 0.695. The third-order valence-corrected chi connectivity index (χ3v) is 6.81. The maximum absolute atomic E-state index is 12.2. The van der Waals surface area contributed by atoms with Crippen molar-refractivity contribution < 1.29 is 13.2 Å². The van der Waals surface area contributed by atoms with E-state index >= 15 is 0 Å². The van der Waals surface area contributed by atoms with Crippen LogP contribution in [0.5, 0.6) is 0 Å². The van der Waals surface area contributed by atoms with Gasteiger partial charge in [0, 0.05) is 44.0 Å². The van der Waals surface area contributed by atoms with Crippen LogP contribution in [0.4, 0.5) is 0 Å². The van der Waals surface area contributed by atoms with E-state index < -0.39 is 10.0 Å². The molecule has 2 heterocycles. The lowest BCUT2D eigenvalue weighted by Gasteiger charge is -2.11. The zero-order chi connectivity index (χ0) is 18.9. The van der Waals surface area contributed by atoms with Gasteiger partial charge < -0.3 is 9.88 Å². The van der Waals surface area contributed by atoms with Gasteiger partial charge in [0.1, 0.15) is 10.7 Å². The van der Waals surface area contributed by atoms with Crippen molar-refractivity contribution in [3.63, 3.8) is 0 Å². The van der Waals surface area contributed by atoms with Crippen LogP contribution in [0.1, 0.15) is 10.5 Å². The summed E-state index contributed by atoms with van der Waals surface area (Å²) in [5.74, 6) is -0.522. The predicted octanol–water partition coefficient (Wildman–Crippen LogP) is 1.92. The van der Waals surface area contributed by atoms with E-state index in [9.17, 15) is 13.2 Å². The van der Waals surface area contributed by atoms with Gasteiger partial charge in [0.2, 0.25) is 10.0 Å². The van der Waals surface area contributed by atoms with E-state index in [0.29, 0.717) is 0 Å². The van der Waals surface area contributed by atoms with Gasteiger partial charge in [-0.05, 0) is 12.1 Å². The second-order valence-corrected chi connectivity index (χ2v) is 9.20. The summed E-state index contributed by atoms with van der Waals surface area (Å²) in [6.45, 7) is 0.0419. The fourth-order valence-electron chi connectivity index (χ4n) is 2.56. The molecular formula is C17H20N4O3S2. The number of para-hydroxylation sites is 1. The third-order valence-electron chi connectivity index (χ3n) is 4.11. The van der Waals surface area contributed by atoms with Gasteiger partial charge in [-0.2, -0.15) is 0 Å². The Morgan fingerprint density at radius 1 is 1.31 bits per heavy atom. The largest absolute Gasteiger partial charge is 0.350 e. The number of rotatable bonds is 6. The molecule has 0 bridgehead atoms. The molecular weight excluding hydrogens is 372 g/mol. The van der Waals surface area contributed by atoms with Crippen molar-refractivity contribution in [3.05, 3.63) is 41.4 Å². The Balaban J connectivity index is 1.73. The number of benzene rings is 1. The Hall–Kier alpha value is -2.23. The van der Waals surface area contributed by atoms with Crippen molar-refractivity contribution in [2.24, 2.45) is 7.05 Å². The standard InChI is InChI=1S/C17H20N4O3S2/c1-20(2)26(23,24)9-8-18-16(22)13-11-25-17(19-13)15-10-12-6-4-5-7-14(12)21(15)3/h4-7,10-11H,8-9H2,1-3H3,(H,18,22). The van der Waals surface area contributed by atoms with Crippen LogP contribution < -0.4 is 5.32 Å². The van der Waals surface area contributed by atoms with Crippen LogP contribution in [-0.2, 0) is 17.1 Å². The second-order valence-electron chi connectivity index (χ2n) is 6.04. The summed E-state index contributed by atoms with van der Waals surface area (Å²) in [5.41, 5.74) is 2.32. The fourth-order valence-corrected chi connectivity index (χ4v) is 4.13. The lowest BCUT2D eigenvalue weighted by atomic mass is 10.2. The van der Waals surface area contributed by atoms with Crippen molar-refractivity contribution in [3.8, 4) is 10.7 Å². The first-order valence-electron chi connectivity index (χ1n) is 7.98. The van der Waals surface area contributed by atoms with E-state index in [0.717, 1.165) is 25.9 Å². The summed E-state index contributed by atoms with van der Waals surface area (Å²) in [6, 6.07) is 10.1. The Bertz CT molecular complexity index is 1050. The maximum atomic E-state index is 12.2. The molecule has 3 aromatic rings. The molecule has 1 aromatic carbocycles. The third kappa shape index (κ3) is 3.64. The fraction of sp³-hybridized carbons (Fsp3) is 0.294. The molecule has 9 heteroatoms. The highest BCUT2D eigenvalue weighted by Gasteiger charge is 2.17. The van der Waals surface area contributed by atoms with Crippen LogP contribution in [0.2, 0.25) is 0 Å². The average Bonchev–Trinajstić information content (AvgIpc) is 3.20. The molecule has 0 saturated heterocycles. The summed E-state index contributed by atoms with van der Waals surface area (Å²) in [5, 5.41) is 6.15. The molecule has 2 aromatic heterocycles. The molecule has 1 N–H and O–H groups in total. The minimum Gasteiger partial charge on any atom is -0.350 e. The number of sulfonamides is 1. The summed E-state index contributed by atoms with van der Waals surface area (Å²) >= 11 is 1.39. The minimum absolute atomic E-state index is 0.0419. The van der Waals surface area contributed by atoms with E-state index in [1.807, 2.05) is 41.9 Å². The first-order valence-corrected chi connectivity index (χ1v) is 10.5. The lowest BCUT2D eigenvalue weighted by molar-refractivity contribution is 0.0952. The molecule has 1 amide bonds. The second kappa shape index (κ2) is 7.18. The van der Waals surface area contributed by atoms with Crippen LogP contribution in [0, 0.1) is 0 Å². The molecule has 0 spiro atoms. The first-order chi connectivity index (χ1) is 12.3. The number of hydrogen-bond donors (Lipinski definition) is 1. The maximum Gasteiger partial charge on any atom is 0.270 e. The van der Waals surface area contributed by atoms with Gasteiger partial charge in [0.15, 0.2) is 0 Å². The molecule has 0 atom stereocenters. The number of nitrogens with zero attached hydrogens (tertiary/aromatic N) is 3. The smallest absolute Gasteiger partial charge is 0.270 e. The highest BCUT2D eigenvalue weighted by atomic mass is 32.2. The summed E-state index contributed by atoms with van der Waals surface area (Å²) < 4.78 is 26.6. The van der Waals surface area contributed by atoms with E-state index in [2.05, 4.69) is 10.3 Å². The van der Waals surface area contributed by atoms with E-state index in [4.69, 9.17) is 0 Å². The summed E-state index contributed by atoms with van der Waals surface area (Å²) in [6.07, 6.45) is 0. The van der Waals surface area contributed by atoms with E-state index in [1.54, 1.807) is 5.38 Å². The number of carbonyl (C=O) groups is 1. The zero-order valence-electron chi connectivity index (χ0n) is 14.8. The summed E-state index contributed by atoms with van der Waals surface area (Å²) in [7, 11) is 1.56. The van der Waals surface area contributed by atoms with Crippen molar-refractivity contribution in [1.29, 1.82) is 0 Å². The van der Waals surface area contributed by atoms with Gasteiger partial charge in [-0.15, -0.1) is 11.3 Å². The SMILES string of the molecule is CN(C)S(=O)(=O)CCNC(=O)c1csc(-c2cc3ccccc3n2C)n1. The molecule has 7 nitrogen and oxygen atoms in total. The van der Waals surface area contributed by atoms with Gasteiger partial charge in [0.25, 0.3) is 5.91 Å². The lowest BCUT2D eigenvalue weighted by Crippen LogP contribution is -2.34. The van der Waals surface area contributed by atoms with Crippen molar-refractivity contribution >= 4 is 38.2 Å². The molecule has 0 aliphatic carbocycles. The van der Waals surface area contributed by atoms with Crippen LogP contribution in [-0.4, -0.2) is 54.6 Å². The molecule has 3 rings (SSSR count). The highest BCUT2D eigenvalue weighted by Crippen LogP contribution is 2.29. The number of carbonyl (C=O) groups excluding carboxylic acids is 1. The number of thiazole rings is 1. The van der Waals surface area contributed by atoms with Gasteiger partial charge >= 0.3 is 0 Å². The topological polar surface area (TPSA) is 84.3 Å². The van der Waals surface area contributed by atoms with Crippen LogP contribution in [0.15, 0.2) is 35.7 Å². The number of amides is 1. The van der Waals surface area contributed by atoms with Crippen LogP contribution in [0.3, 0.4) is 0 Å². The van der Waals surface area contributed by atoms with Crippen molar-refractivity contribution in [1.82, 2.24) is 19.2 Å². The van der Waals surface area contributed by atoms with Gasteiger partial charge in [-0.1, -0.05) is 18.2 Å². The molecule has 26 heavy (non-hydrogen) atoms. The number of nitrogens with one attached hydrogen (secondary N) is 1. The van der Waals surface area contributed by atoms with Gasteiger partial charge in [-0.25, -0.2) is 17.7 Å². The first kappa shape index (κ1) is 18.6. The predicted molar refractivity (Wildman–Crippen MR) is 104 cm³/mol.